The number of anilines is 2. The normalized spacial score (nSPS) is 11.4. The van der Waals surface area contributed by atoms with Crippen LogP contribution < -0.4 is 15.4 Å². The molecule has 0 heterocycles. The van der Waals surface area contributed by atoms with Gasteiger partial charge in [-0.05, 0) is 67.6 Å². The molecule has 0 fully saturated rings. The summed E-state index contributed by atoms with van der Waals surface area (Å²) in [4.78, 5) is 24.5. The van der Waals surface area contributed by atoms with Gasteiger partial charge in [-0.25, -0.2) is 0 Å². The highest BCUT2D eigenvalue weighted by atomic mass is 35.5. The van der Waals surface area contributed by atoms with E-state index in [1.165, 1.54) is 0 Å². The second-order valence-electron chi connectivity index (χ2n) is 6.10. The molecule has 0 aromatic heterocycles. The zero-order valence-electron chi connectivity index (χ0n) is 15.2. The number of amides is 2. The monoisotopic (exact) mass is 394 g/mol. The molecule has 0 saturated carbocycles. The summed E-state index contributed by atoms with van der Waals surface area (Å²) in [7, 11) is 0. The maximum Gasteiger partial charge on any atom is 0.265 e. The number of carbonyl (C=O) groups is 2. The number of benzene rings is 3. The lowest BCUT2D eigenvalue weighted by Crippen LogP contribution is -2.30. The third-order valence-electron chi connectivity index (χ3n) is 3.94. The van der Waals surface area contributed by atoms with E-state index < -0.39 is 6.10 Å². The van der Waals surface area contributed by atoms with Gasteiger partial charge in [0, 0.05) is 22.0 Å². The van der Waals surface area contributed by atoms with Gasteiger partial charge < -0.3 is 15.4 Å². The summed E-state index contributed by atoms with van der Waals surface area (Å²) in [5.74, 6) is -0.00162. The van der Waals surface area contributed by atoms with Crippen LogP contribution in [0.2, 0.25) is 5.02 Å². The van der Waals surface area contributed by atoms with Crippen LogP contribution in [0.4, 0.5) is 11.4 Å². The summed E-state index contributed by atoms with van der Waals surface area (Å²) in [5.41, 5.74) is 1.83. The average molecular weight is 395 g/mol. The van der Waals surface area contributed by atoms with E-state index in [0.29, 0.717) is 27.7 Å². The number of para-hydroxylation sites is 1. The minimum absolute atomic E-state index is 0.247. The van der Waals surface area contributed by atoms with Crippen LogP contribution in [0, 0.1) is 0 Å². The summed E-state index contributed by atoms with van der Waals surface area (Å²) in [6.07, 6.45) is -0.686. The van der Waals surface area contributed by atoms with Gasteiger partial charge in [0.05, 0.1) is 0 Å². The van der Waals surface area contributed by atoms with Crippen molar-refractivity contribution < 1.29 is 14.3 Å². The summed E-state index contributed by atoms with van der Waals surface area (Å²) in [5, 5.41) is 6.18. The van der Waals surface area contributed by atoms with Gasteiger partial charge in [0.1, 0.15) is 5.75 Å². The van der Waals surface area contributed by atoms with Gasteiger partial charge in [-0.3, -0.25) is 9.59 Å². The maximum absolute atomic E-state index is 12.3. The number of hydrogen-bond donors (Lipinski definition) is 2. The molecule has 0 aliphatic heterocycles. The molecule has 0 radical (unpaired) electrons. The largest absolute Gasteiger partial charge is 0.481 e. The molecular weight excluding hydrogens is 376 g/mol. The lowest BCUT2D eigenvalue weighted by Gasteiger charge is -2.15. The molecule has 0 spiro atoms. The van der Waals surface area contributed by atoms with E-state index in [4.69, 9.17) is 16.3 Å². The predicted molar refractivity (Wildman–Crippen MR) is 111 cm³/mol. The van der Waals surface area contributed by atoms with Gasteiger partial charge >= 0.3 is 0 Å². The fraction of sp³-hybridized carbons (Fsp3) is 0.0909. The third kappa shape index (κ3) is 5.34. The van der Waals surface area contributed by atoms with Crippen molar-refractivity contribution in [3.63, 3.8) is 0 Å². The Balaban J connectivity index is 1.56. The highest BCUT2D eigenvalue weighted by Crippen LogP contribution is 2.17. The SMILES string of the molecule is C[C@H](Oc1ccc(C(=O)Nc2ccc(Cl)cc2)cc1)C(=O)Nc1ccccc1. The predicted octanol–water partition coefficient (Wildman–Crippen LogP) is 5.00. The molecule has 142 valence electrons. The second kappa shape index (κ2) is 9.06. The molecule has 0 unspecified atom stereocenters. The van der Waals surface area contributed by atoms with Gasteiger partial charge in [0.15, 0.2) is 6.10 Å². The lowest BCUT2D eigenvalue weighted by molar-refractivity contribution is -0.122. The number of nitrogens with one attached hydrogen (secondary N) is 2. The number of halogens is 1. The first kappa shape index (κ1) is 19.5. The molecule has 2 amide bonds. The number of ether oxygens (including phenoxy) is 1. The molecule has 0 aliphatic rings. The molecule has 1 atom stereocenters. The molecule has 0 bridgehead atoms. The lowest BCUT2D eigenvalue weighted by atomic mass is 10.2. The van der Waals surface area contributed by atoms with Gasteiger partial charge in [0.2, 0.25) is 0 Å². The molecule has 28 heavy (non-hydrogen) atoms. The van der Waals surface area contributed by atoms with Gasteiger partial charge in [0.25, 0.3) is 11.8 Å². The summed E-state index contributed by atoms with van der Waals surface area (Å²) in [6, 6.07) is 22.6. The Kier molecular flexibility index (Phi) is 6.29. The molecule has 6 heteroatoms. The maximum atomic E-state index is 12.3. The van der Waals surface area contributed by atoms with E-state index in [1.807, 2.05) is 18.2 Å². The summed E-state index contributed by atoms with van der Waals surface area (Å²) < 4.78 is 5.66. The van der Waals surface area contributed by atoms with Crippen molar-refractivity contribution in [3.05, 3.63) is 89.4 Å². The van der Waals surface area contributed by atoms with Crippen molar-refractivity contribution in [2.24, 2.45) is 0 Å². The summed E-state index contributed by atoms with van der Waals surface area (Å²) >= 11 is 5.84. The first-order chi connectivity index (χ1) is 13.5. The molecule has 2 N–H and O–H groups in total. The Morgan fingerprint density at radius 1 is 0.821 bits per heavy atom. The minimum Gasteiger partial charge on any atom is -0.481 e. The van der Waals surface area contributed by atoms with E-state index in [9.17, 15) is 9.59 Å². The highest BCUT2D eigenvalue weighted by molar-refractivity contribution is 6.30. The molecular formula is C22H19ClN2O3. The third-order valence-corrected chi connectivity index (χ3v) is 4.19. The Bertz CT molecular complexity index is 942. The number of carbonyl (C=O) groups excluding carboxylic acids is 2. The van der Waals surface area contributed by atoms with Crippen LogP contribution in [0.3, 0.4) is 0 Å². The highest BCUT2D eigenvalue weighted by Gasteiger charge is 2.15. The Morgan fingerprint density at radius 2 is 1.43 bits per heavy atom. The molecule has 3 aromatic carbocycles. The Hall–Kier alpha value is -3.31. The minimum atomic E-state index is -0.686. The van der Waals surface area contributed by atoms with Gasteiger partial charge in [-0.1, -0.05) is 29.8 Å². The Labute approximate surface area is 168 Å². The van der Waals surface area contributed by atoms with Crippen LogP contribution in [0.5, 0.6) is 5.75 Å². The summed E-state index contributed by atoms with van der Waals surface area (Å²) in [6.45, 7) is 1.67. The zero-order valence-corrected chi connectivity index (χ0v) is 15.9. The molecule has 0 saturated heterocycles. The molecule has 3 rings (SSSR count). The van der Waals surface area contributed by atoms with E-state index in [0.717, 1.165) is 0 Å². The van der Waals surface area contributed by atoms with Crippen molar-refractivity contribution in [1.29, 1.82) is 0 Å². The zero-order chi connectivity index (χ0) is 19.9. The van der Waals surface area contributed by atoms with Crippen LogP contribution in [0.15, 0.2) is 78.9 Å². The van der Waals surface area contributed by atoms with Crippen LogP contribution >= 0.6 is 11.6 Å². The van der Waals surface area contributed by atoms with E-state index >= 15 is 0 Å². The smallest absolute Gasteiger partial charge is 0.265 e. The van der Waals surface area contributed by atoms with Crippen LogP contribution in [0.1, 0.15) is 17.3 Å². The van der Waals surface area contributed by atoms with E-state index in [1.54, 1.807) is 67.6 Å². The van der Waals surface area contributed by atoms with Crippen molar-refractivity contribution in [2.45, 2.75) is 13.0 Å². The molecule has 0 aliphatic carbocycles. The standard InChI is InChI=1S/C22H19ClN2O3/c1-15(21(26)24-18-5-3-2-4-6-18)28-20-13-7-16(8-14-20)22(27)25-19-11-9-17(23)10-12-19/h2-15H,1H3,(H,24,26)(H,25,27)/t15-/m0/s1. The van der Waals surface area contributed by atoms with Crippen molar-refractivity contribution in [1.82, 2.24) is 0 Å². The van der Waals surface area contributed by atoms with E-state index in [2.05, 4.69) is 10.6 Å². The van der Waals surface area contributed by atoms with Crippen molar-refractivity contribution in [2.75, 3.05) is 10.6 Å². The van der Waals surface area contributed by atoms with Crippen molar-refractivity contribution in [3.8, 4) is 5.75 Å². The molecule has 5 nitrogen and oxygen atoms in total. The molecule has 3 aromatic rings. The van der Waals surface area contributed by atoms with Crippen molar-refractivity contribution >= 4 is 34.8 Å². The first-order valence-electron chi connectivity index (χ1n) is 8.71. The quantitative estimate of drug-likeness (QED) is 0.618. The fourth-order valence-electron chi connectivity index (χ4n) is 2.44. The second-order valence-corrected chi connectivity index (χ2v) is 6.54. The van der Waals surface area contributed by atoms with Crippen LogP contribution in [0.25, 0.3) is 0 Å². The average Bonchev–Trinajstić information content (AvgIpc) is 2.71. The van der Waals surface area contributed by atoms with Crippen LogP contribution in [-0.4, -0.2) is 17.9 Å². The first-order valence-corrected chi connectivity index (χ1v) is 9.08. The number of hydrogen-bond acceptors (Lipinski definition) is 3. The fourth-order valence-corrected chi connectivity index (χ4v) is 2.57. The topological polar surface area (TPSA) is 67.4 Å². The van der Waals surface area contributed by atoms with Gasteiger partial charge in [-0.2, -0.15) is 0 Å². The van der Waals surface area contributed by atoms with Gasteiger partial charge in [-0.15, -0.1) is 0 Å². The Morgan fingerprint density at radius 3 is 2.07 bits per heavy atom. The van der Waals surface area contributed by atoms with E-state index in [-0.39, 0.29) is 11.8 Å². The van der Waals surface area contributed by atoms with Crippen LogP contribution in [-0.2, 0) is 4.79 Å². The number of rotatable bonds is 6.